The standard InChI is InChI=1S/C21H17NO2/c23-20-17-13-7-8-14-18(17)21(24,22-20)19(15-9-3-1-4-10-15)16-11-5-2-6-12-16/h1-14,19,24H,(H,22,23). The number of hydrogen-bond acceptors (Lipinski definition) is 2. The van der Waals surface area contributed by atoms with Crippen LogP contribution in [0.25, 0.3) is 0 Å². The van der Waals surface area contributed by atoms with Gasteiger partial charge in [-0.25, -0.2) is 0 Å². The van der Waals surface area contributed by atoms with Crippen molar-refractivity contribution in [3.05, 3.63) is 107 Å². The minimum atomic E-state index is -1.48. The molecule has 0 aliphatic carbocycles. The molecule has 3 nitrogen and oxygen atoms in total. The highest BCUT2D eigenvalue weighted by molar-refractivity contribution is 6.00. The SMILES string of the molecule is O=C1NC(O)(C(c2ccccc2)c2ccccc2)c2ccccc21. The Morgan fingerprint density at radius 1 is 0.750 bits per heavy atom. The van der Waals surface area contributed by atoms with Crippen molar-refractivity contribution in [2.24, 2.45) is 0 Å². The van der Waals surface area contributed by atoms with Crippen molar-refractivity contribution in [3.8, 4) is 0 Å². The molecule has 0 fully saturated rings. The van der Waals surface area contributed by atoms with Gasteiger partial charge in [-0.3, -0.25) is 4.79 Å². The largest absolute Gasteiger partial charge is 0.366 e. The maximum absolute atomic E-state index is 12.4. The summed E-state index contributed by atoms with van der Waals surface area (Å²) in [4.78, 5) is 12.4. The summed E-state index contributed by atoms with van der Waals surface area (Å²) in [6.07, 6.45) is 0. The van der Waals surface area contributed by atoms with Crippen LogP contribution in [0.5, 0.6) is 0 Å². The van der Waals surface area contributed by atoms with Crippen molar-refractivity contribution in [1.82, 2.24) is 5.32 Å². The Bertz CT molecular complexity index is 837. The van der Waals surface area contributed by atoms with Gasteiger partial charge >= 0.3 is 0 Å². The van der Waals surface area contributed by atoms with Crippen molar-refractivity contribution in [2.45, 2.75) is 11.6 Å². The van der Waals surface area contributed by atoms with Gasteiger partial charge in [0.25, 0.3) is 5.91 Å². The molecule has 1 aliphatic rings. The summed E-state index contributed by atoms with van der Waals surface area (Å²) in [7, 11) is 0. The van der Waals surface area contributed by atoms with Gasteiger partial charge < -0.3 is 10.4 Å². The number of carbonyl (C=O) groups is 1. The van der Waals surface area contributed by atoms with Crippen LogP contribution in [0.15, 0.2) is 84.9 Å². The molecule has 0 saturated carbocycles. The normalized spacial score (nSPS) is 19.2. The van der Waals surface area contributed by atoms with Crippen LogP contribution < -0.4 is 5.32 Å². The van der Waals surface area contributed by atoms with Crippen molar-refractivity contribution in [1.29, 1.82) is 0 Å². The van der Waals surface area contributed by atoms with E-state index in [0.717, 1.165) is 11.1 Å². The molecule has 1 amide bonds. The molecule has 1 heterocycles. The molecule has 0 aromatic heterocycles. The van der Waals surface area contributed by atoms with Gasteiger partial charge in [0, 0.05) is 11.1 Å². The summed E-state index contributed by atoms with van der Waals surface area (Å²) in [5.74, 6) is -0.641. The van der Waals surface area contributed by atoms with Crippen LogP contribution in [-0.4, -0.2) is 11.0 Å². The monoisotopic (exact) mass is 315 g/mol. The first kappa shape index (κ1) is 14.7. The van der Waals surface area contributed by atoms with Crippen molar-refractivity contribution < 1.29 is 9.90 Å². The molecule has 2 N–H and O–H groups in total. The molecule has 1 aliphatic heterocycles. The first-order valence-electron chi connectivity index (χ1n) is 7.94. The highest BCUT2D eigenvalue weighted by Gasteiger charge is 2.48. The van der Waals surface area contributed by atoms with E-state index in [-0.39, 0.29) is 5.91 Å². The highest BCUT2D eigenvalue weighted by atomic mass is 16.3. The molecule has 0 bridgehead atoms. The zero-order chi connectivity index (χ0) is 16.6. The number of nitrogens with one attached hydrogen (secondary N) is 1. The first-order valence-corrected chi connectivity index (χ1v) is 7.94. The summed E-state index contributed by atoms with van der Waals surface area (Å²) in [6.45, 7) is 0. The van der Waals surface area contributed by atoms with E-state index in [1.165, 1.54) is 0 Å². The van der Waals surface area contributed by atoms with Gasteiger partial charge in [-0.05, 0) is 17.2 Å². The Labute approximate surface area is 140 Å². The molecule has 4 rings (SSSR count). The van der Waals surface area contributed by atoms with Crippen LogP contribution in [0.3, 0.4) is 0 Å². The van der Waals surface area contributed by atoms with Gasteiger partial charge in [-0.2, -0.15) is 0 Å². The lowest BCUT2D eigenvalue weighted by molar-refractivity contribution is -0.00185. The smallest absolute Gasteiger partial charge is 0.254 e. The summed E-state index contributed by atoms with van der Waals surface area (Å²) < 4.78 is 0. The minimum absolute atomic E-state index is 0.245. The molecule has 0 spiro atoms. The van der Waals surface area contributed by atoms with Gasteiger partial charge in [0.2, 0.25) is 0 Å². The zero-order valence-corrected chi connectivity index (χ0v) is 13.0. The van der Waals surface area contributed by atoms with Gasteiger partial charge in [0.1, 0.15) is 0 Å². The minimum Gasteiger partial charge on any atom is -0.366 e. The van der Waals surface area contributed by atoms with Crippen LogP contribution in [0, 0.1) is 0 Å². The Balaban J connectivity index is 1.94. The van der Waals surface area contributed by atoms with Gasteiger partial charge in [-0.1, -0.05) is 78.9 Å². The van der Waals surface area contributed by atoms with Crippen LogP contribution in [0.2, 0.25) is 0 Å². The third kappa shape index (κ3) is 2.22. The van der Waals surface area contributed by atoms with Crippen LogP contribution in [-0.2, 0) is 5.72 Å². The fourth-order valence-electron chi connectivity index (χ4n) is 3.51. The number of aliphatic hydroxyl groups is 1. The van der Waals surface area contributed by atoms with Crippen LogP contribution in [0.4, 0.5) is 0 Å². The fourth-order valence-corrected chi connectivity index (χ4v) is 3.51. The average molecular weight is 315 g/mol. The second-order valence-electron chi connectivity index (χ2n) is 6.02. The number of amides is 1. The molecule has 3 aromatic carbocycles. The topological polar surface area (TPSA) is 49.3 Å². The van der Waals surface area contributed by atoms with Crippen molar-refractivity contribution in [2.75, 3.05) is 0 Å². The lowest BCUT2D eigenvalue weighted by atomic mass is 9.79. The van der Waals surface area contributed by atoms with Gasteiger partial charge in [-0.15, -0.1) is 0 Å². The third-order valence-corrected chi connectivity index (χ3v) is 4.57. The van der Waals surface area contributed by atoms with Crippen LogP contribution >= 0.6 is 0 Å². The summed E-state index contributed by atoms with van der Waals surface area (Å²) >= 11 is 0. The molecule has 118 valence electrons. The number of benzene rings is 3. The van der Waals surface area contributed by atoms with Crippen molar-refractivity contribution in [3.63, 3.8) is 0 Å². The average Bonchev–Trinajstić information content (AvgIpc) is 2.89. The number of hydrogen-bond donors (Lipinski definition) is 2. The molecule has 3 heteroatoms. The van der Waals surface area contributed by atoms with Crippen LogP contribution in [0.1, 0.15) is 33.0 Å². The quantitative estimate of drug-likeness (QED) is 0.778. The Morgan fingerprint density at radius 2 is 1.25 bits per heavy atom. The van der Waals surface area contributed by atoms with E-state index in [9.17, 15) is 9.90 Å². The maximum Gasteiger partial charge on any atom is 0.254 e. The summed E-state index contributed by atoms with van der Waals surface area (Å²) in [5.41, 5.74) is 1.56. The van der Waals surface area contributed by atoms with E-state index >= 15 is 0 Å². The predicted octanol–water partition coefficient (Wildman–Crippen LogP) is 3.41. The number of fused-ring (bicyclic) bond motifs is 1. The molecule has 0 radical (unpaired) electrons. The third-order valence-electron chi connectivity index (χ3n) is 4.57. The second-order valence-corrected chi connectivity index (χ2v) is 6.02. The molecule has 1 atom stereocenters. The molecule has 3 aromatic rings. The molecular weight excluding hydrogens is 298 g/mol. The fraction of sp³-hybridized carbons (Fsp3) is 0.0952. The highest BCUT2D eigenvalue weighted by Crippen LogP contribution is 2.44. The van der Waals surface area contributed by atoms with E-state index in [1.807, 2.05) is 78.9 Å². The van der Waals surface area contributed by atoms with Gasteiger partial charge in [0.15, 0.2) is 5.72 Å². The van der Waals surface area contributed by atoms with E-state index in [2.05, 4.69) is 5.32 Å². The summed E-state index contributed by atoms with van der Waals surface area (Å²) in [5, 5.41) is 14.4. The molecule has 24 heavy (non-hydrogen) atoms. The number of carbonyl (C=O) groups excluding carboxylic acids is 1. The van der Waals surface area contributed by atoms with E-state index in [1.54, 1.807) is 6.07 Å². The molecule has 0 saturated heterocycles. The molecule has 1 unspecified atom stereocenters. The van der Waals surface area contributed by atoms with Gasteiger partial charge in [0.05, 0.1) is 5.92 Å². The zero-order valence-electron chi connectivity index (χ0n) is 13.0. The van der Waals surface area contributed by atoms with E-state index in [0.29, 0.717) is 11.1 Å². The lowest BCUT2D eigenvalue weighted by Crippen LogP contribution is -2.45. The Morgan fingerprint density at radius 3 is 1.83 bits per heavy atom. The lowest BCUT2D eigenvalue weighted by Gasteiger charge is -2.34. The first-order chi connectivity index (χ1) is 11.7. The summed E-state index contributed by atoms with van der Waals surface area (Å²) in [6, 6.07) is 26.8. The Hall–Kier alpha value is -2.91. The Kier molecular flexibility index (Phi) is 3.44. The van der Waals surface area contributed by atoms with E-state index in [4.69, 9.17) is 0 Å². The second kappa shape index (κ2) is 5.62. The number of rotatable bonds is 3. The molecular formula is C21H17NO2. The van der Waals surface area contributed by atoms with Crippen molar-refractivity contribution >= 4 is 5.91 Å². The van der Waals surface area contributed by atoms with E-state index < -0.39 is 11.6 Å². The predicted molar refractivity (Wildman–Crippen MR) is 92.5 cm³/mol. The maximum atomic E-state index is 12.4.